The first-order chi connectivity index (χ1) is 11.8. The number of rotatable bonds is 8. The predicted octanol–water partition coefficient (Wildman–Crippen LogP) is 3.24. The average Bonchev–Trinajstić information content (AvgIpc) is 2.55. The molecule has 0 aliphatic rings. The standard InChI is InChI=1S/C18H22ClFN2O2S/c1-22(2)18(15-8-4-5-9-16(15)19)13-21-25(23,24)12-11-14-7-3-6-10-17(14)20/h3-10,18,21H,11-13H2,1-2H3. The van der Waals surface area contributed by atoms with Gasteiger partial charge in [0.25, 0.3) is 0 Å². The molecule has 0 radical (unpaired) electrons. The number of sulfonamides is 1. The Morgan fingerprint density at radius 3 is 2.40 bits per heavy atom. The Morgan fingerprint density at radius 1 is 1.12 bits per heavy atom. The monoisotopic (exact) mass is 384 g/mol. The van der Waals surface area contributed by atoms with Crippen LogP contribution in [0, 0.1) is 5.82 Å². The van der Waals surface area contributed by atoms with Crippen LogP contribution in [0.5, 0.6) is 0 Å². The van der Waals surface area contributed by atoms with Gasteiger partial charge < -0.3 is 4.90 Å². The molecule has 0 aromatic heterocycles. The number of halogens is 2. The minimum Gasteiger partial charge on any atom is -0.301 e. The van der Waals surface area contributed by atoms with Crippen LogP contribution in [0.1, 0.15) is 17.2 Å². The summed E-state index contributed by atoms with van der Waals surface area (Å²) in [6.07, 6.45) is 0.126. The summed E-state index contributed by atoms with van der Waals surface area (Å²) in [5, 5.41) is 0.590. The Labute approximate surface area is 153 Å². The fourth-order valence-corrected chi connectivity index (χ4v) is 3.85. The highest BCUT2D eigenvalue weighted by Crippen LogP contribution is 2.25. The molecule has 136 valence electrons. The van der Waals surface area contributed by atoms with Crippen molar-refractivity contribution >= 4 is 21.6 Å². The topological polar surface area (TPSA) is 49.4 Å². The number of hydrogen-bond acceptors (Lipinski definition) is 3. The van der Waals surface area contributed by atoms with E-state index in [1.165, 1.54) is 6.07 Å². The highest BCUT2D eigenvalue weighted by molar-refractivity contribution is 7.89. The third-order valence-corrected chi connectivity index (χ3v) is 5.67. The number of likely N-dealkylation sites (N-methyl/N-ethyl adjacent to an activating group) is 1. The average molecular weight is 385 g/mol. The van der Waals surface area contributed by atoms with Gasteiger partial charge in [-0.3, -0.25) is 0 Å². The molecule has 0 saturated heterocycles. The fraction of sp³-hybridized carbons (Fsp3) is 0.333. The van der Waals surface area contributed by atoms with Crippen LogP contribution in [0.2, 0.25) is 5.02 Å². The van der Waals surface area contributed by atoms with E-state index in [2.05, 4.69) is 4.72 Å². The van der Waals surface area contributed by atoms with Crippen LogP contribution in [0.3, 0.4) is 0 Å². The molecule has 0 bridgehead atoms. The highest BCUT2D eigenvalue weighted by atomic mass is 35.5. The summed E-state index contributed by atoms with van der Waals surface area (Å²) in [6, 6.07) is 13.3. The molecule has 7 heteroatoms. The van der Waals surface area contributed by atoms with Crippen molar-refractivity contribution < 1.29 is 12.8 Å². The first kappa shape index (κ1) is 19.8. The van der Waals surface area contributed by atoms with Gasteiger partial charge >= 0.3 is 0 Å². The van der Waals surface area contributed by atoms with E-state index in [9.17, 15) is 12.8 Å². The molecule has 0 aliphatic heterocycles. The van der Waals surface area contributed by atoms with Gasteiger partial charge in [-0.05, 0) is 43.8 Å². The zero-order valence-electron chi connectivity index (χ0n) is 14.2. The van der Waals surface area contributed by atoms with Crippen LogP contribution in [-0.2, 0) is 16.4 Å². The van der Waals surface area contributed by atoms with E-state index in [0.717, 1.165) is 5.56 Å². The van der Waals surface area contributed by atoms with Gasteiger partial charge in [-0.25, -0.2) is 17.5 Å². The lowest BCUT2D eigenvalue weighted by molar-refractivity contribution is 0.299. The molecule has 0 saturated carbocycles. The number of aryl methyl sites for hydroxylation is 1. The predicted molar refractivity (Wildman–Crippen MR) is 99.8 cm³/mol. The molecule has 25 heavy (non-hydrogen) atoms. The summed E-state index contributed by atoms with van der Waals surface area (Å²) in [5.74, 6) is -0.559. The van der Waals surface area contributed by atoms with Crippen LogP contribution in [-0.4, -0.2) is 39.7 Å². The molecule has 0 fully saturated rings. The Hall–Kier alpha value is -1.47. The lowest BCUT2D eigenvalue weighted by Crippen LogP contribution is -2.36. The van der Waals surface area contributed by atoms with Gasteiger partial charge in [0, 0.05) is 17.6 Å². The zero-order chi connectivity index (χ0) is 18.4. The smallest absolute Gasteiger partial charge is 0.211 e. The summed E-state index contributed by atoms with van der Waals surface area (Å²) in [5.41, 5.74) is 1.24. The molecule has 2 aromatic rings. The quantitative estimate of drug-likeness (QED) is 0.760. The van der Waals surface area contributed by atoms with Crippen molar-refractivity contribution in [2.24, 2.45) is 0 Å². The molecule has 2 aromatic carbocycles. The van der Waals surface area contributed by atoms with E-state index in [-0.39, 0.29) is 30.6 Å². The van der Waals surface area contributed by atoms with Gasteiger partial charge in [0.2, 0.25) is 10.0 Å². The summed E-state index contributed by atoms with van der Waals surface area (Å²) in [4.78, 5) is 1.90. The van der Waals surface area contributed by atoms with Crippen molar-refractivity contribution in [2.45, 2.75) is 12.5 Å². The number of benzene rings is 2. The summed E-state index contributed by atoms with van der Waals surface area (Å²) >= 11 is 6.23. The molecule has 4 nitrogen and oxygen atoms in total. The molecular formula is C18H22ClFN2O2S. The van der Waals surface area contributed by atoms with E-state index < -0.39 is 10.0 Å². The molecule has 1 atom stereocenters. The van der Waals surface area contributed by atoms with Crippen LogP contribution >= 0.6 is 11.6 Å². The Balaban J connectivity index is 2.02. The van der Waals surface area contributed by atoms with Crippen molar-refractivity contribution in [3.63, 3.8) is 0 Å². The second-order valence-electron chi connectivity index (χ2n) is 6.01. The molecule has 0 spiro atoms. The minimum atomic E-state index is -3.53. The molecule has 1 N–H and O–H groups in total. The van der Waals surface area contributed by atoms with Crippen molar-refractivity contribution in [3.05, 3.63) is 70.5 Å². The maximum atomic E-state index is 13.6. The van der Waals surface area contributed by atoms with E-state index in [0.29, 0.717) is 10.6 Å². The van der Waals surface area contributed by atoms with Crippen molar-refractivity contribution in [1.82, 2.24) is 9.62 Å². The first-order valence-corrected chi connectivity index (χ1v) is 9.95. The second-order valence-corrected chi connectivity index (χ2v) is 8.34. The van der Waals surface area contributed by atoms with E-state index in [1.54, 1.807) is 24.3 Å². The minimum absolute atomic E-state index is 0.126. The largest absolute Gasteiger partial charge is 0.301 e. The number of nitrogens with one attached hydrogen (secondary N) is 1. The summed E-state index contributed by atoms with van der Waals surface area (Å²) in [6.45, 7) is 0.191. The zero-order valence-corrected chi connectivity index (χ0v) is 15.8. The molecule has 0 aliphatic carbocycles. The molecular weight excluding hydrogens is 363 g/mol. The maximum absolute atomic E-state index is 13.6. The normalized spacial score (nSPS) is 13.2. The first-order valence-electron chi connectivity index (χ1n) is 7.92. The highest BCUT2D eigenvalue weighted by Gasteiger charge is 2.20. The van der Waals surface area contributed by atoms with E-state index in [4.69, 9.17) is 11.6 Å². The SMILES string of the molecule is CN(C)C(CNS(=O)(=O)CCc1ccccc1F)c1ccccc1Cl. The van der Waals surface area contributed by atoms with Gasteiger partial charge in [-0.2, -0.15) is 0 Å². The van der Waals surface area contributed by atoms with Gasteiger partial charge in [0.1, 0.15) is 5.82 Å². The Morgan fingerprint density at radius 2 is 1.76 bits per heavy atom. The second kappa shape index (κ2) is 8.76. The van der Waals surface area contributed by atoms with E-state index in [1.807, 2.05) is 37.2 Å². The van der Waals surface area contributed by atoms with Crippen molar-refractivity contribution in [1.29, 1.82) is 0 Å². The lowest BCUT2D eigenvalue weighted by atomic mass is 10.1. The molecule has 0 amide bonds. The van der Waals surface area contributed by atoms with Crippen molar-refractivity contribution in [2.75, 3.05) is 26.4 Å². The third-order valence-electron chi connectivity index (χ3n) is 3.98. The van der Waals surface area contributed by atoms with Gasteiger partial charge in [-0.1, -0.05) is 48.0 Å². The number of hydrogen-bond donors (Lipinski definition) is 1. The van der Waals surface area contributed by atoms with Crippen LogP contribution in [0.4, 0.5) is 4.39 Å². The lowest BCUT2D eigenvalue weighted by Gasteiger charge is -2.26. The molecule has 0 heterocycles. The molecule has 2 rings (SSSR count). The van der Waals surface area contributed by atoms with Crippen LogP contribution < -0.4 is 4.72 Å². The fourth-order valence-electron chi connectivity index (χ4n) is 2.54. The van der Waals surface area contributed by atoms with Crippen LogP contribution in [0.15, 0.2) is 48.5 Å². The van der Waals surface area contributed by atoms with Gasteiger partial charge in [0.05, 0.1) is 5.75 Å². The number of nitrogens with zero attached hydrogens (tertiary/aromatic N) is 1. The van der Waals surface area contributed by atoms with Crippen LogP contribution in [0.25, 0.3) is 0 Å². The van der Waals surface area contributed by atoms with E-state index >= 15 is 0 Å². The Bertz CT molecular complexity index is 812. The maximum Gasteiger partial charge on any atom is 0.211 e. The van der Waals surface area contributed by atoms with Gasteiger partial charge in [-0.15, -0.1) is 0 Å². The summed E-state index contributed by atoms with van der Waals surface area (Å²) < 4.78 is 40.8. The van der Waals surface area contributed by atoms with Gasteiger partial charge in [0.15, 0.2) is 0 Å². The Kier molecular flexibility index (Phi) is 6.95. The third kappa shape index (κ3) is 5.78. The van der Waals surface area contributed by atoms with Crippen molar-refractivity contribution in [3.8, 4) is 0 Å². The summed E-state index contributed by atoms with van der Waals surface area (Å²) in [7, 11) is 0.193. The molecule has 1 unspecified atom stereocenters.